The summed E-state index contributed by atoms with van der Waals surface area (Å²) >= 11 is 14.6. The van der Waals surface area contributed by atoms with Crippen molar-refractivity contribution in [2.45, 2.75) is 214 Å². The molecule has 0 spiro atoms. The van der Waals surface area contributed by atoms with Gasteiger partial charge in [-0.2, -0.15) is 0 Å². The van der Waals surface area contributed by atoms with Crippen molar-refractivity contribution in [1.82, 2.24) is 42.5 Å². The van der Waals surface area contributed by atoms with Crippen LogP contribution in [-0.4, -0.2) is 215 Å². The number of aryl methyl sites for hydroxylation is 1. The Morgan fingerprint density at radius 1 is 0.664 bits per heavy atom. The highest BCUT2D eigenvalue weighted by Gasteiger charge is 2.53. The lowest BCUT2D eigenvalue weighted by molar-refractivity contribution is -0.334. The van der Waals surface area contributed by atoms with Gasteiger partial charge < -0.3 is 143 Å². The average Bonchev–Trinajstić information content (AvgIpc) is 0.763. The number of phenols is 3. The molecule has 0 aromatic heterocycles. The molecule has 3 saturated heterocycles. The maximum atomic E-state index is 16.5. The first-order valence-corrected chi connectivity index (χ1v) is 39.1. The van der Waals surface area contributed by atoms with E-state index in [0.29, 0.717) is 0 Å². The summed E-state index contributed by atoms with van der Waals surface area (Å²) in [5.41, 5.74) is 8.90. The summed E-state index contributed by atoms with van der Waals surface area (Å²) < 4.78 is 52.7. The van der Waals surface area contributed by atoms with Crippen LogP contribution in [0.3, 0.4) is 0 Å². The van der Waals surface area contributed by atoms with Gasteiger partial charge in [-0.3, -0.25) is 33.6 Å². The van der Waals surface area contributed by atoms with Crippen LogP contribution in [0.15, 0.2) is 103 Å². The van der Waals surface area contributed by atoms with Gasteiger partial charge in [-0.15, -0.1) is 0 Å². The maximum absolute atomic E-state index is 16.5. The number of aliphatic hydroxyl groups is 6. The van der Waals surface area contributed by atoms with Crippen LogP contribution >= 0.6 is 23.2 Å². The fraction of sp³-hybridized carbons (Fsp3) is 0.457. The van der Waals surface area contributed by atoms with Gasteiger partial charge in [0.15, 0.2) is 36.2 Å². The number of amides is 7. The number of rotatable bonds is 18. The number of benzene rings is 6. The lowest BCUT2D eigenvalue weighted by atomic mass is 9.84. The number of aliphatic hydroxyl groups excluding tert-OH is 6. The molecule has 3 fully saturated rings. The smallest absolute Gasteiger partial charge is 0.330 e. The van der Waals surface area contributed by atoms with E-state index in [4.69, 9.17) is 72.6 Å². The first kappa shape index (κ1) is 88.2. The number of likely N-dealkylation sites (N-methyl/N-ethyl adjacent to an activating group) is 1. The molecule has 36 nitrogen and oxygen atoms in total. The summed E-state index contributed by atoms with van der Waals surface area (Å²) in [6, 6.07) is 7.30. The van der Waals surface area contributed by atoms with Crippen LogP contribution < -0.4 is 68.2 Å². The lowest BCUT2D eigenvalue weighted by Gasteiger charge is -2.48. The maximum Gasteiger partial charge on any atom is 0.330 e. The molecule has 8 heterocycles. The molecule has 640 valence electrons. The third-order valence-electron chi connectivity index (χ3n) is 21.9. The van der Waals surface area contributed by atoms with Crippen LogP contribution in [0.1, 0.15) is 137 Å². The molecule has 0 unspecified atom stereocenters. The number of aliphatic carboxylic acids is 1. The molecule has 119 heavy (non-hydrogen) atoms. The number of phenolic OH excluding ortho intramolecular Hbond substituents is 3. The molecule has 0 aliphatic carbocycles. The molecule has 11 bridgehead atoms. The number of fused-ring (bicyclic) bond motifs is 15. The number of carboxylic acid groups (broad SMARTS) is 1. The molecule has 8 aliphatic heterocycles. The van der Waals surface area contributed by atoms with E-state index in [2.05, 4.69) is 42.5 Å². The minimum Gasteiger partial charge on any atom is -0.508 e. The van der Waals surface area contributed by atoms with Crippen molar-refractivity contribution in [3.63, 3.8) is 0 Å². The second-order valence-electron chi connectivity index (χ2n) is 31.5. The molecular formula is C81H96Cl2N10O26. The summed E-state index contributed by atoms with van der Waals surface area (Å²) in [4.78, 5) is 121. The average molecular weight is 1700 g/mol. The van der Waals surface area contributed by atoms with Gasteiger partial charge in [0.2, 0.25) is 53.4 Å². The molecule has 38 heteroatoms. The Labute approximate surface area is 691 Å². The lowest BCUT2D eigenvalue weighted by Crippen LogP contribution is -2.65. The van der Waals surface area contributed by atoms with E-state index in [-0.39, 0.29) is 59.2 Å². The third-order valence-corrected chi connectivity index (χ3v) is 22.5. The Kier molecular flexibility index (Phi) is 26.7. The summed E-state index contributed by atoms with van der Waals surface area (Å²) in [5, 5.41) is 137. The standard InChI is InChI=1S/C81H96Cl2N10O26/c1-32(2)19-46(86-8)72(104)92-62-64(99)38-14-17-50(44(82)21-38)114-52-23-40-24-53(68(52)119-79-69(66(101)65(100)54(31-94)116-79)118-57-29-81(7,71(103)35(5)113-57)87-30-36-11-9-33(3)10-12-36)115-51-18-15-39(22-45(51)83)67(117-56-28-80(6,85)70(102)34(4)112-56)63-77(109)91-61(78(110)111)43-25-41(95)26-49(97)58(43)42-20-37(13-16-48(42)96)59(74(106)93-63)90-75(107)60(40)89-73(105)47(27-55(84)98)88-76(62)108/h9-18,20-26,32,34-35,46-47,54,56-57,59-67,69-71,79,86-87,94-97,99-103H,19,27-31,85H2,1-8H3,(H2,84,98)(H,88,108)(H,89,105)(H,90,107)(H,91,109)(H,92,104)(H,93,106)(H,110,111)/t34-,35-,46+,47-,54+,56-,57-,59+,60+,61-,62+,63-,64+,65+,66-,67+,69+,70-,71-,79-,80-,81-/m0/s1. The van der Waals surface area contributed by atoms with Gasteiger partial charge in [0.1, 0.15) is 89.5 Å². The predicted molar refractivity (Wildman–Crippen MR) is 420 cm³/mol. The Balaban J connectivity index is 1.10. The van der Waals surface area contributed by atoms with Crippen LogP contribution in [0.5, 0.6) is 46.0 Å². The number of carbonyl (C=O) groups is 8. The van der Waals surface area contributed by atoms with E-state index in [9.17, 15) is 65.4 Å². The highest BCUT2D eigenvalue weighted by atomic mass is 35.5. The number of carbonyl (C=O) groups excluding carboxylic acids is 7. The fourth-order valence-electron chi connectivity index (χ4n) is 15.4. The second-order valence-corrected chi connectivity index (χ2v) is 32.3. The number of hydrogen-bond acceptors (Lipinski definition) is 28. The van der Waals surface area contributed by atoms with Crippen molar-refractivity contribution in [3.05, 3.63) is 152 Å². The largest absolute Gasteiger partial charge is 0.508 e. The van der Waals surface area contributed by atoms with Crippen LogP contribution in [0.2, 0.25) is 10.0 Å². The van der Waals surface area contributed by atoms with E-state index in [1.54, 1.807) is 13.8 Å². The van der Waals surface area contributed by atoms with Crippen molar-refractivity contribution < 1.29 is 127 Å². The minimum absolute atomic E-state index is 0.114. The zero-order chi connectivity index (χ0) is 86.3. The first-order chi connectivity index (χ1) is 56.2. The second kappa shape index (κ2) is 36.1. The molecule has 7 amide bonds. The number of primary amides is 1. The fourth-order valence-corrected chi connectivity index (χ4v) is 15.9. The van der Waals surface area contributed by atoms with Gasteiger partial charge in [0, 0.05) is 53.2 Å². The highest BCUT2D eigenvalue weighted by Crippen LogP contribution is 2.51. The summed E-state index contributed by atoms with van der Waals surface area (Å²) in [6.07, 6.45) is -22.7. The summed E-state index contributed by atoms with van der Waals surface area (Å²) in [7, 11) is 1.48. The van der Waals surface area contributed by atoms with Gasteiger partial charge >= 0.3 is 5.97 Å². The Morgan fingerprint density at radius 2 is 1.27 bits per heavy atom. The Hall–Kier alpha value is -10.1. The zero-order valence-electron chi connectivity index (χ0n) is 65.6. The van der Waals surface area contributed by atoms with E-state index < -0.39 is 261 Å². The van der Waals surface area contributed by atoms with Gasteiger partial charge in [0.05, 0.1) is 53.5 Å². The highest BCUT2D eigenvalue weighted by molar-refractivity contribution is 6.32. The normalized spacial score (nSPS) is 30.7. The van der Waals surface area contributed by atoms with Crippen LogP contribution in [0.25, 0.3) is 11.1 Å². The molecular weight excluding hydrogens is 1600 g/mol. The van der Waals surface area contributed by atoms with Gasteiger partial charge in [-0.05, 0) is 136 Å². The first-order valence-electron chi connectivity index (χ1n) is 38.3. The minimum atomic E-state index is -2.39. The van der Waals surface area contributed by atoms with Crippen molar-refractivity contribution in [2.75, 3.05) is 13.7 Å². The molecule has 22 atom stereocenters. The van der Waals surface area contributed by atoms with E-state index in [0.717, 1.165) is 59.7 Å². The van der Waals surface area contributed by atoms with Crippen molar-refractivity contribution in [3.8, 4) is 57.1 Å². The van der Waals surface area contributed by atoms with Gasteiger partial charge in [-0.1, -0.05) is 85.1 Å². The molecule has 0 radical (unpaired) electrons. The Morgan fingerprint density at radius 3 is 1.88 bits per heavy atom. The van der Waals surface area contributed by atoms with E-state index >= 15 is 24.0 Å². The molecule has 6 aromatic rings. The molecule has 14 rings (SSSR count). The van der Waals surface area contributed by atoms with Gasteiger partial charge in [0.25, 0.3) is 0 Å². The van der Waals surface area contributed by atoms with Crippen LogP contribution in [-0.2, 0) is 68.6 Å². The van der Waals surface area contributed by atoms with Gasteiger partial charge in [-0.25, -0.2) is 4.79 Å². The topological polar surface area (TPSA) is 561 Å². The zero-order valence-corrected chi connectivity index (χ0v) is 67.1. The summed E-state index contributed by atoms with van der Waals surface area (Å²) in [5.74, 6) is -16.0. The number of nitrogens with one attached hydrogen (secondary N) is 8. The summed E-state index contributed by atoms with van der Waals surface area (Å²) in [6.45, 7) is 11.1. The SMILES string of the molecule is CN[C@H](CC(C)C)C(=O)N[C@H]1C(=O)N[C@@H](CC(N)=O)C(=O)N[C@H]2C(=O)N[C@H]3C(=O)N[C@H](C(=O)N[C@H](C(=O)O)c4cc(O)cc(O)c4-c4cc3ccc4O)[C@H](O[C@H]3C[C@](C)(N)[C@@H](O)[C@H](C)O3)c3ccc(c(Cl)c3)Oc3cc2cc(c3O[C@@H]2O[C@H](CO)[C@@H](O)[C@H](O)[C@H]2O[C@H]2C[C@](C)(NCc3ccc(C)cc3)[C@@H](O)[C@H](C)O2)Oc2ccc(cc2Cl)[C@H]1O. The number of halogens is 2. The number of carboxylic acids is 1. The van der Waals surface area contributed by atoms with Crippen molar-refractivity contribution in [2.24, 2.45) is 17.4 Å². The number of ether oxygens (including phenoxy) is 8. The van der Waals surface area contributed by atoms with Crippen molar-refractivity contribution in [1.29, 1.82) is 0 Å². The molecule has 8 aliphatic rings. The predicted octanol–water partition coefficient (Wildman–Crippen LogP) is 2.48. The Bertz CT molecular complexity index is 4850. The van der Waals surface area contributed by atoms with E-state index in [1.807, 2.05) is 45.0 Å². The van der Waals surface area contributed by atoms with Crippen LogP contribution in [0, 0.1) is 12.8 Å². The van der Waals surface area contributed by atoms with Crippen molar-refractivity contribution >= 4 is 70.5 Å². The van der Waals surface area contributed by atoms with Crippen LogP contribution in [0.4, 0.5) is 0 Å². The molecule has 0 saturated carbocycles. The monoisotopic (exact) mass is 1690 g/mol. The van der Waals surface area contributed by atoms with E-state index in [1.165, 1.54) is 51.2 Å². The third kappa shape index (κ3) is 19.2. The number of aromatic hydroxyl groups is 3. The molecule has 22 N–H and O–H groups in total. The molecule has 6 aromatic carbocycles. The number of nitrogens with two attached hydrogens (primary N) is 2. The quantitative estimate of drug-likeness (QED) is 0.0588. The number of hydrogen-bond donors (Lipinski definition) is 20.